The summed E-state index contributed by atoms with van der Waals surface area (Å²) in [6.07, 6.45) is 1.48. The first-order valence-corrected chi connectivity index (χ1v) is 9.31. The minimum atomic E-state index is -4.31. The molecular weight excluding hydrogens is 376 g/mol. The quantitative estimate of drug-likeness (QED) is 0.506. The molecule has 3 rings (SSSR count). The van der Waals surface area contributed by atoms with Gasteiger partial charge in [-0.25, -0.2) is 13.6 Å². The number of nitrogens with one attached hydrogen (secondary N) is 1. The van der Waals surface area contributed by atoms with Crippen LogP contribution in [0.25, 0.3) is 22.4 Å². The van der Waals surface area contributed by atoms with Gasteiger partial charge in [-0.2, -0.15) is 0 Å². The number of aromatic amines is 1. The molecule has 1 aromatic heterocycles. The Kier molecular flexibility index (Phi) is 4.49. The summed E-state index contributed by atoms with van der Waals surface area (Å²) in [5.74, 6) is -0.997. The van der Waals surface area contributed by atoms with Gasteiger partial charge in [0.1, 0.15) is 4.90 Å². The molecule has 0 bridgehead atoms. The predicted octanol–water partition coefficient (Wildman–Crippen LogP) is 2.33. The van der Waals surface area contributed by atoms with Crippen LogP contribution in [0.15, 0.2) is 53.6 Å². The number of aromatic nitrogens is 1. The van der Waals surface area contributed by atoms with Crippen molar-refractivity contribution in [2.45, 2.75) is 4.90 Å². The van der Waals surface area contributed by atoms with Crippen LogP contribution in [0.1, 0.15) is 10.4 Å². The van der Waals surface area contributed by atoms with Gasteiger partial charge in [0.25, 0.3) is 5.91 Å². The van der Waals surface area contributed by atoms with E-state index in [1.807, 2.05) is 6.07 Å². The van der Waals surface area contributed by atoms with Crippen LogP contribution in [0.3, 0.4) is 0 Å². The van der Waals surface area contributed by atoms with Gasteiger partial charge in [-0.1, -0.05) is 41.9 Å². The Morgan fingerprint density at radius 2 is 1.73 bits per heavy atom. The van der Waals surface area contributed by atoms with E-state index < -0.39 is 20.8 Å². The smallest absolute Gasteiger partial charge is 0.252 e. The number of hydrogen-bond donors (Lipinski definition) is 4. The third-order valence-corrected chi connectivity index (χ3v) is 5.08. The van der Waals surface area contributed by atoms with Gasteiger partial charge in [0.2, 0.25) is 10.0 Å². The van der Waals surface area contributed by atoms with Crippen molar-refractivity contribution >= 4 is 33.2 Å². The molecule has 3 aromatic rings. The van der Waals surface area contributed by atoms with Gasteiger partial charge in [-0.3, -0.25) is 4.79 Å². The van der Waals surface area contributed by atoms with Gasteiger partial charge in [-0.05, 0) is 17.7 Å². The summed E-state index contributed by atoms with van der Waals surface area (Å²) in [6, 6.07) is 12.0. The molecule has 9 heteroatoms. The number of halogens is 1. The van der Waals surface area contributed by atoms with Crippen molar-refractivity contribution in [1.29, 1.82) is 0 Å². The average Bonchev–Trinajstić information content (AvgIpc) is 3.00. The monoisotopic (exact) mass is 390 g/mol. The predicted molar refractivity (Wildman–Crippen MR) is 101 cm³/mol. The van der Waals surface area contributed by atoms with Gasteiger partial charge in [0.05, 0.1) is 16.3 Å². The van der Waals surface area contributed by atoms with E-state index in [-0.39, 0.29) is 16.8 Å². The number of H-pyrrole nitrogens is 1. The number of benzene rings is 2. The molecule has 0 unspecified atom stereocenters. The van der Waals surface area contributed by atoms with Crippen LogP contribution in [-0.2, 0) is 10.0 Å². The van der Waals surface area contributed by atoms with E-state index in [9.17, 15) is 13.2 Å². The van der Waals surface area contributed by atoms with Crippen molar-refractivity contribution in [3.63, 3.8) is 0 Å². The number of nitrogens with two attached hydrogens (primary N) is 3. The molecule has 0 saturated heterocycles. The number of primary sulfonamides is 1. The highest BCUT2D eigenvalue weighted by Crippen LogP contribution is 2.39. The van der Waals surface area contributed by atoms with Crippen molar-refractivity contribution in [3.8, 4) is 22.4 Å². The van der Waals surface area contributed by atoms with Crippen LogP contribution in [0.5, 0.6) is 0 Å². The Morgan fingerprint density at radius 3 is 2.23 bits per heavy atom. The molecule has 0 aliphatic carbocycles. The lowest BCUT2D eigenvalue weighted by Gasteiger charge is -2.17. The summed E-state index contributed by atoms with van der Waals surface area (Å²) in [4.78, 5) is 14.5. The largest absolute Gasteiger partial charge is 0.398 e. The maximum absolute atomic E-state index is 12.2. The average molecular weight is 391 g/mol. The molecule has 0 radical (unpaired) electrons. The number of sulfonamides is 1. The Hall–Kier alpha value is -2.81. The first-order valence-electron chi connectivity index (χ1n) is 7.39. The van der Waals surface area contributed by atoms with E-state index in [1.165, 1.54) is 12.3 Å². The number of rotatable bonds is 4. The summed E-state index contributed by atoms with van der Waals surface area (Å²) in [7, 11) is -4.31. The van der Waals surface area contributed by atoms with Crippen molar-refractivity contribution in [2.24, 2.45) is 10.9 Å². The Balaban J connectivity index is 2.49. The molecule has 2 aromatic carbocycles. The number of primary amides is 1. The molecule has 0 aliphatic heterocycles. The zero-order valence-corrected chi connectivity index (χ0v) is 14.9. The van der Waals surface area contributed by atoms with E-state index in [0.29, 0.717) is 21.8 Å². The number of anilines is 1. The summed E-state index contributed by atoms with van der Waals surface area (Å²) in [6.45, 7) is 0. The van der Waals surface area contributed by atoms with E-state index in [1.54, 1.807) is 30.3 Å². The summed E-state index contributed by atoms with van der Waals surface area (Å²) in [5.41, 5.74) is 12.8. The number of carbonyl (C=O) groups is 1. The van der Waals surface area contributed by atoms with Crippen LogP contribution < -0.4 is 16.6 Å². The molecule has 0 aliphatic rings. The fraction of sp³-hybridized carbons (Fsp3) is 0. The lowest BCUT2D eigenvalue weighted by Crippen LogP contribution is -2.23. The van der Waals surface area contributed by atoms with Crippen LogP contribution in [0.4, 0.5) is 5.69 Å². The number of carbonyl (C=O) groups excluding carboxylic acids is 1. The van der Waals surface area contributed by atoms with Gasteiger partial charge in [0, 0.05) is 23.0 Å². The van der Waals surface area contributed by atoms with Crippen LogP contribution >= 0.6 is 11.6 Å². The van der Waals surface area contributed by atoms with E-state index >= 15 is 0 Å². The van der Waals surface area contributed by atoms with Gasteiger partial charge in [0.15, 0.2) is 0 Å². The molecule has 0 atom stereocenters. The Morgan fingerprint density at radius 1 is 1.08 bits per heavy atom. The first kappa shape index (κ1) is 18.0. The zero-order chi connectivity index (χ0) is 19.1. The summed E-state index contributed by atoms with van der Waals surface area (Å²) in [5, 5.41) is 5.72. The molecule has 134 valence electrons. The molecular formula is C17H15ClN4O3S. The van der Waals surface area contributed by atoms with Gasteiger partial charge < -0.3 is 16.5 Å². The maximum atomic E-state index is 12.2. The minimum absolute atomic E-state index is 0.0610. The molecule has 1 amide bonds. The molecule has 7 N–H and O–H groups in total. The van der Waals surface area contributed by atoms with E-state index in [0.717, 1.165) is 0 Å². The third kappa shape index (κ3) is 3.17. The molecule has 1 heterocycles. The first-order chi connectivity index (χ1) is 12.2. The van der Waals surface area contributed by atoms with E-state index in [4.69, 9.17) is 28.2 Å². The van der Waals surface area contributed by atoms with Crippen molar-refractivity contribution in [1.82, 2.24) is 4.98 Å². The topological polar surface area (TPSA) is 145 Å². The molecule has 0 spiro atoms. The summed E-state index contributed by atoms with van der Waals surface area (Å²) < 4.78 is 24.5. The zero-order valence-electron chi connectivity index (χ0n) is 13.4. The normalized spacial score (nSPS) is 11.5. The molecule has 0 fully saturated rings. The molecule has 7 nitrogen and oxygen atoms in total. The number of hydrogen-bond acceptors (Lipinski definition) is 4. The summed E-state index contributed by atoms with van der Waals surface area (Å²) >= 11 is 5.94. The minimum Gasteiger partial charge on any atom is -0.398 e. The van der Waals surface area contributed by atoms with Crippen LogP contribution in [0.2, 0.25) is 5.02 Å². The van der Waals surface area contributed by atoms with E-state index in [2.05, 4.69) is 4.98 Å². The maximum Gasteiger partial charge on any atom is 0.252 e. The second-order valence-electron chi connectivity index (χ2n) is 5.60. The SMILES string of the molecule is NC(=O)c1c(N)c(-c2ccccc2)cc(-c2cc(Cl)c[nH]2)c1S(N)(=O)=O. The van der Waals surface area contributed by atoms with Crippen molar-refractivity contribution in [3.05, 3.63) is 59.2 Å². The van der Waals surface area contributed by atoms with Gasteiger partial charge in [-0.15, -0.1) is 0 Å². The standard InChI is InChI=1S/C17H15ClN4O3S/c18-10-6-13(22-8-10)12-7-11(9-4-2-1-3-5-9)15(19)14(17(20)23)16(12)26(21,24)25/h1-8,22H,19H2,(H2,20,23)(H2,21,24,25). The lowest BCUT2D eigenvalue weighted by molar-refractivity contribution is 0.0998. The highest BCUT2D eigenvalue weighted by atomic mass is 35.5. The number of nitrogen functional groups attached to an aromatic ring is 1. The second-order valence-corrected chi connectivity index (χ2v) is 7.53. The van der Waals surface area contributed by atoms with Crippen molar-refractivity contribution < 1.29 is 13.2 Å². The highest BCUT2D eigenvalue weighted by Gasteiger charge is 2.28. The highest BCUT2D eigenvalue weighted by molar-refractivity contribution is 7.89. The fourth-order valence-electron chi connectivity index (χ4n) is 2.80. The van der Waals surface area contributed by atoms with Crippen LogP contribution in [0, 0.1) is 0 Å². The van der Waals surface area contributed by atoms with Crippen molar-refractivity contribution in [2.75, 3.05) is 5.73 Å². The van der Waals surface area contributed by atoms with Gasteiger partial charge >= 0.3 is 0 Å². The lowest BCUT2D eigenvalue weighted by atomic mass is 9.95. The third-order valence-electron chi connectivity index (χ3n) is 3.87. The Labute approximate surface area is 154 Å². The second kappa shape index (κ2) is 6.49. The van der Waals surface area contributed by atoms with Crippen LogP contribution in [-0.4, -0.2) is 19.3 Å². The Bertz CT molecular complexity index is 1110. The molecule has 0 saturated carbocycles. The fourth-order valence-corrected chi connectivity index (χ4v) is 3.93. The number of amides is 1. The molecule has 26 heavy (non-hydrogen) atoms.